The van der Waals surface area contributed by atoms with Gasteiger partial charge in [0.05, 0.1) is 6.42 Å². The molecule has 0 aliphatic carbocycles. The van der Waals surface area contributed by atoms with Crippen LogP contribution in [-0.4, -0.2) is 10.9 Å². The van der Waals surface area contributed by atoms with Crippen LogP contribution < -0.4 is 11.1 Å². The van der Waals surface area contributed by atoms with Crippen molar-refractivity contribution in [3.8, 4) is 0 Å². The molecule has 1 amide bonds. The molecule has 1 aromatic carbocycles. The fraction of sp³-hybridized carbons (Fsp3) is 0.200. The molecular weight excluding hydrogens is 238 g/mol. The molecule has 1 aromatic heterocycles. The number of aromatic nitrogens is 1. The SMILES string of the molecule is Cc1cc(C)nc(NC(=O)Cc2cccc(N)c2)c1. The third kappa shape index (κ3) is 3.81. The fourth-order valence-corrected chi connectivity index (χ4v) is 1.98. The van der Waals surface area contributed by atoms with Gasteiger partial charge in [-0.2, -0.15) is 0 Å². The first-order valence-electron chi connectivity index (χ1n) is 6.12. The number of carbonyl (C=O) groups excluding carboxylic acids is 1. The van der Waals surface area contributed by atoms with Crippen molar-refractivity contribution in [1.82, 2.24) is 4.98 Å². The molecule has 0 radical (unpaired) electrons. The molecule has 0 bridgehead atoms. The summed E-state index contributed by atoms with van der Waals surface area (Å²) in [6, 6.07) is 11.1. The Labute approximate surface area is 112 Å². The largest absolute Gasteiger partial charge is 0.399 e. The van der Waals surface area contributed by atoms with Crippen LogP contribution in [0.15, 0.2) is 36.4 Å². The first kappa shape index (κ1) is 13.1. The number of carbonyl (C=O) groups is 1. The molecular formula is C15H17N3O. The van der Waals surface area contributed by atoms with Crippen molar-refractivity contribution in [3.05, 3.63) is 53.2 Å². The Morgan fingerprint density at radius 1 is 1.26 bits per heavy atom. The van der Waals surface area contributed by atoms with Crippen LogP contribution in [0, 0.1) is 13.8 Å². The number of pyridine rings is 1. The fourth-order valence-electron chi connectivity index (χ4n) is 1.98. The van der Waals surface area contributed by atoms with Crippen LogP contribution in [-0.2, 0) is 11.2 Å². The molecule has 0 aliphatic heterocycles. The molecule has 0 fully saturated rings. The average molecular weight is 255 g/mol. The van der Waals surface area contributed by atoms with E-state index >= 15 is 0 Å². The Kier molecular flexibility index (Phi) is 3.80. The van der Waals surface area contributed by atoms with E-state index in [9.17, 15) is 4.79 Å². The minimum Gasteiger partial charge on any atom is -0.399 e. The Hall–Kier alpha value is -2.36. The third-order valence-corrected chi connectivity index (χ3v) is 2.68. The van der Waals surface area contributed by atoms with E-state index in [1.54, 1.807) is 12.1 Å². The maximum absolute atomic E-state index is 11.9. The average Bonchev–Trinajstić information content (AvgIpc) is 2.26. The second kappa shape index (κ2) is 5.52. The lowest BCUT2D eigenvalue weighted by atomic mass is 10.1. The van der Waals surface area contributed by atoms with E-state index in [1.807, 2.05) is 38.1 Å². The molecule has 0 aliphatic rings. The monoisotopic (exact) mass is 255 g/mol. The van der Waals surface area contributed by atoms with Crippen molar-refractivity contribution in [2.75, 3.05) is 11.1 Å². The molecule has 98 valence electrons. The number of anilines is 2. The lowest BCUT2D eigenvalue weighted by molar-refractivity contribution is -0.115. The van der Waals surface area contributed by atoms with Gasteiger partial charge in [0.1, 0.15) is 5.82 Å². The van der Waals surface area contributed by atoms with E-state index in [-0.39, 0.29) is 5.91 Å². The highest BCUT2D eigenvalue weighted by Gasteiger charge is 2.06. The van der Waals surface area contributed by atoms with E-state index in [0.717, 1.165) is 16.8 Å². The van der Waals surface area contributed by atoms with Crippen molar-refractivity contribution < 1.29 is 4.79 Å². The van der Waals surface area contributed by atoms with Gasteiger partial charge >= 0.3 is 0 Å². The highest BCUT2D eigenvalue weighted by Crippen LogP contribution is 2.11. The Bertz CT molecular complexity index is 588. The van der Waals surface area contributed by atoms with Gasteiger partial charge in [-0.1, -0.05) is 12.1 Å². The molecule has 3 N–H and O–H groups in total. The number of rotatable bonds is 3. The number of hydrogen-bond acceptors (Lipinski definition) is 3. The zero-order valence-electron chi connectivity index (χ0n) is 11.1. The Morgan fingerprint density at radius 2 is 2.05 bits per heavy atom. The number of nitrogens with two attached hydrogens (primary N) is 1. The van der Waals surface area contributed by atoms with Crippen molar-refractivity contribution in [2.24, 2.45) is 0 Å². The predicted octanol–water partition coefficient (Wildman–Crippen LogP) is 2.46. The van der Waals surface area contributed by atoms with Crippen LogP contribution in [0.2, 0.25) is 0 Å². The molecule has 2 rings (SSSR count). The molecule has 0 saturated heterocycles. The molecule has 2 aromatic rings. The topological polar surface area (TPSA) is 68.0 Å². The number of nitrogen functional groups attached to an aromatic ring is 1. The number of nitrogens with one attached hydrogen (secondary N) is 1. The summed E-state index contributed by atoms with van der Waals surface area (Å²) in [5.74, 6) is 0.495. The van der Waals surface area contributed by atoms with Crippen LogP contribution in [0.25, 0.3) is 0 Å². The summed E-state index contributed by atoms with van der Waals surface area (Å²) >= 11 is 0. The summed E-state index contributed by atoms with van der Waals surface area (Å²) in [6.07, 6.45) is 0.291. The first-order chi connectivity index (χ1) is 9.02. The van der Waals surface area contributed by atoms with Gasteiger partial charge in [0.15, 0.2) is 0 Å². The second-order valence-corrected chi connectivity index (χ2v) is 4.64. The van der Waals surface area contributed by atoms with Gasteiger partial charge in [-0.3, -0.25) is 4.79 Å². The van der Waals surface area contributed by atoms with Crippen LogP contribution in [0.5, 0.6) is 0 Å². The maximum atomic E-state index is 11.9. The lowest BCUT2D eigenvalue weighted by Gasteiger charge is -2.07. The number of nitrogens with zero attached hydrogens (tertiary/aromatic N) is 1. The number of aryl methyl sites for hydroxylation is 2. The van der Waals surface area contributed by atoms with Crippen LogP contribution in [0.4, 0.5) is 11.5 Å². The summed E-state index contributed by atoms with van der Waals surface area (Å²) in [5, 5.41) is 2.80. The van der Waals surface area contributed by atoms with E-state index in [0.29, 0.717) is 17.9 Å². The number of amides is 1. The smallest absolute Gasteiger partial charge is 0.229 e. The van der Waals surface area contributed by atoms with Gasteiger partial charge in [-0.15, -0.1) is 0 Å². The number of hydrogen-bond donors (Lipinski definition) is 2. The van der Waals surface area contributed by atoms with Crippen molar-refractivity contribution in [3.63, 3.8) is 0 Å². The van der Waals surface area contributed by atoms with Crippen molar-refractivity contribution in [2.45, 2.75) is 20.3 Å². The van der Waals surface area contributed by atoms with Crippen molar-refractivity contribution >= 4 is 17.4 Å². The van der Waals surface area contributed by atoms with Gasteiger partial charge < -0.3 is 11.1 Å². The molecule has 0 atom stereocenters. The van der Waals surface area contributed by atoms with Gasteiger partial charge in [0, 0.05) is 11.4 Å². The maximum Gasteiger partial charge on any atom is 0.229 e. The zero-order chi connectivity index (χ0) is 13.8. The summed E-state index contributed by atoms with van der Waals surface area (Å²) in [5.41, 5.74) is 9.20. The third-order valence-electron chi connectivity index (χ3n) is 2.68. The minimum absolute atomic E-state index is 0.0944. The quantitative estimate of drug-likeness (QED) is 0.828. The molecule has 4 heteroatoms. The van der Waals surface area contributed by atoms with Gasteiger partial charge in [0.25, 0.3) is 0 Å². The van der Waals surface area contributed by atoms with E-state index < -0.39 is 0 Å². The summed E-state index contributed by atoms with van der Waals surface area (Å²) in [7, 11) is 0. The standard InChI is InChI=1S/C15H17N3O/c1-10-6-11(2)17-14(7-10)18-15(19)9-12-4-3-5-13(16)8-12/h3-8H,9,16H2,1-2H3,(H,17,18,19). The molecule has 1 heterocycles. The van der Waals surface area contributed by atoms with E-state index in [1.165, 1.54) is 0 Å². The van der Waals surface area contributed by atoms with Gasteiger partial charge in [0.2, 0.25) is 5.91 Å². The second-order valence-electron chi connectivity index (χ2n) is 4.64. The van der Waals surface area contributed by atoms with Crippen molar-refractivity contribution in [1.29, 1.82) is 0 Å². The Morgan fingerprint density at radius 3 is 2.74 bits per heavy atom. The summed E-state index contributed by atoms with van der Waals surface area (Å²) in [6.45, 7) is 3.88. The minimum atomic E-state index is -0.0944. The first-order valence-corrected chi connectivity index (χ1v) is 6.12. The van der Waals surface area contributed by atoms with Crippen LogP contribution >= 0.6 is 0 Å². The molecule has 19 heavy (non-hydrogen) atoms. The highest BCUT2D eigenvalue weighted by atomic mass is 16.1. The van der Waals surface area contributed by atoms with Gasteiger partial charge in [-0.25, -0.2) is 4.98 Å². The molecule has 0 spiro atoms. The summed E-state index contributed by atoms with van der Waals surface area (Å²) < 4.78 is 0. The molecule has 4 nitrogen and oxygen atoms in total. The lowest BCUT2D eigenvalue weighted by Crippen LogP contribution is -2.15. The number of benzene rings is 1. The predicted molar refractivity (Wildman–Crippen MR) is 76.9 cm³/mol. The molecule has 0 unspecified atom stereocenters. The van der Waals surface area contributed by atoms with Crippen LogP contribution in [0.3, 0.4) is 0 Å². The van der Waals surface area contributed by atoms with Gasteiger partial charge in [-0.05, 0) is 49.2 Å². The van der Waals surface area contributed by atoms with E-state index in [4.69, 9.17) is 5.73 Å². The highest BCUT2D eigenvalue weighted by molar-refractivity contribution is 5.91. The molecule has 0 saturated carbocycles. The van der Waals surface area contributed by atoms with Crippen LogP contribution in [0.1, 0.15) is 16.8 Å². The zero-order valence-corrected chi connectivity index (χ0v) is 11.1. The normalized spacial score (nSPS) is 10.2. The Balaban J connectivity index is 2.05. The van der Waals surface area contributed by atoms with E-state index in [2.05, 4.69) is 10.3 Å². The summed E-state index contributed by atoms with van der Waals surface area (Å²) in [4.78, 5) is 16.2.